The Bertz CT molecular complexity index is 1170. The number of rotatable bonds is 7. The third-order valence-electron chi connectivity index (χ3n) is 5.56. The number of benzene rings is 1. The molecule has 3 heterocycles. The number of aryl methyl sites for hydroxylation is 1. The van der Waals surface area contributed by atoms with Crippen molar-refractivity contribution in [3.05, 3.63) is 70.1 Å². The van der Waals surface area contributed by atoms with E-state index in [4.69, 9.17) is 9.26 Å². The molecule has 1 aliphatic rings. The molecule has 2 aromatic heterocycles. The highest BCUT2D eigenvalue weighted by atomic mass is 19.1. The number of ether oxygens (including phenoxy) is 1. The fourth-order valence-corrected chi connectivity index (χ4v) is 3.84. The Morgan fingerprint density at radius 3 is 2.55 bits per heavy atom. The van der Waals surface area contributed by atoms with Crippen molar-refractivity contribution in [1.29, 1.82) is 0 Å². The van der Waals surface area contributed by atoms with Crippen LogP contribution in [-0.4, -0.2) is 53.8 Å². The van der Waals surface area contributed by atoms with E-state index >= 15 is 0 Å². The maximum Gasteiger partial charge on any atom is 0.245 e. The van der Waals surface area contributed by atoms with Crippen molar-refractivity contribution in [3.63, 3.8) is 0 Å². The molecule has 1 aromatic carbocycles. The molecule has 0 bridgehead atoms. The van der Waals surface area contributed by atoms with Crippen molar-refractivity contribution in [2.45, 2.75) is 20.0 Å². The van der Waals surface area contributed by atoms with Crippen molar-refractivity contribution in [1.82, 2.24) is 14.6 Å². The summed E-state index contributed by atoms with van der Waals surface area (Å²) in [5.74, 6) is 0.554. The van der Waals surface area contributed by atoms with Crippen LogP contribution in [0.3, 0.4) is 0 Å². The lowest BCUT2D eigenvalue weighted by Gasteiger charge is -2.36. The topological polar surface area (TPSA) is 92.8 Å². The number of aromatic nitrogens is 2. The molecule has 174 valence electrons. The van der Waals surface area contributed by atoms with E-state index in [-0.39, 0.29) is 29.4 Å². The minimum absolute atomic E-state index is 0.00652. The normalized spacial score (nSPS) is 14.3. The second-order valence-electron chi connectivity index (χ2n) is 7.94. The highest BCUT2D eigenvalue weighted by Gasteiger charge is 2.20. The predicted octanol–water partition coefficient (Wildman–Crippen LogP) is 2.25. The summed E-state index contributed by atoms with van der Waals surface area (Å²) in [6.07, 6.45) is 1.56. The van der Waals surface area contributed by atoms with Crippen LogP contribution in [-0.2, 0) is 17.9 Å². The van der Waals surface area contributed by atoms with Crippen molar-refractivity contribution in [2.24, 2.45) is 0 Å². The summed E-state index contributed by atoms with van der Waals surface area (Å²) in [4.78, 5) is 29.4. The number of hydrogen-bond acceptors (Lipinski definition) is 7. The maximum atomic E-state index is 13.2. The zero-order valence-electron chi connectivity index (χ0n) is 18.6. The fraction of sp³-hybridized carbons (Fsp3) is 0.348. The van der Waals surface area contributed by atoms with Gasteiger partial charge in [-0.2, -0.15) is 0 Å². The van der Waals surface area contributed by atoms with Crippen molar-refractivity contribution in [3.8, 4) is 5.75 Å². The number of methoxy groups -OCH3 is 1. The number of pyridine rings is 1. The van der Waals surface area contributed by atoms with Crippen LogP contribution in [0.4, 0.5) is 15.9 Å². The molecule has 10 heteroatoms. The molecule has 0 unspecified atom stereocenters. The van der Waals surface area contributed by atoms with Crippen LogP contribution in [0.5, 0.6) is 5.75 Å². The lowest BCUT2D eigenvalue weighted by molar-refractivity contribution is -0.116. The molecule has 1 N–H and O–H groups in total. The number of hydrogen-bond donors (Lipinski definition) is 1. The van der Waals surface area contributed by atoms with E-state index < -0.39 is 0 Å². The van der Waals surface area contributed by atoms with E-state index in [1.54, 1.807) is 35.9 Å². The van der Waals surface area contributed by atoms with Crippen LogP contribution in [0.1, 0.15) is 11.5 Å². The highest BCUT2D eigenvalue weighted by Crippen LogP contribution is 2.18. The van der Waals surface area contributed by atoms with Gasteiger partial charge in [0.1, 0.15) is 18.1 Å². The van der Waals surface area contributed by atoms with Gasteiger partial charge in [-0.25, -0.2) is 4.39 Å². The van der Waals surface area contributed by atoms with E-state index in [0.717, 1.165) is 31.9 Å². The first-order chi connectivity index (χ1) is 15.9. The number of carbonyl (C=O) groups excluding carboxylic acids is 1. The predicted molar refractivity (Wildman–Crippen MR) is 121 cm³/mol. The Labute approximate surface area is 190 Å². The van der Waals surface area contributed by atoms with Gasteiger partial charge < -0.3 is 24.0 Å². The summed E-state index contributed by atoms with van der Waals surface area (Å²) in [6, 6.07) is 9.62. The van der Waals surface area contributed by atoms with Crippen LogP contribution in [0.15, 0.2) is 51.9 Å². The van der Waals surface area contributed by atoms with Gasteiger partial charge >= 0.3 is 0 Å². The molecule has 0 aliphatic carbocycles. The standard InChI is InChI=1S/C23H26FN5O4/c1-16-11-22(26-33-16)25-23(31)15-29-14-21(32-2)20(30)12-19(29)13-27-7-9-28(10-8-27)18-5-3-17(24)4-6-18/h3-6,11-12,14H,7-10,13,15H2,1-2H3,(H,25,26,31). The molecule has 1 saturated heterocycles. The lowest BCUT2D eigenvalue weighted by atomic mass is 10.2. The zero-order valence-corrected chi connectivity index (χ0v) is 18.6. The first-order valence-corrected chi connectivity index (χ1v) is 10.6. The van der Waals surface area contributed by atoms with Gasteiger partial charge in [-0.1, -0.05) is 5.16 Å². The highest BCUT2D eigenvalue weighted by molar-refractivity contribution is 5.89. The maximum absolute atomic E-state index is 13.2. The SMILES string of the molecule is COc1cn(CC(=O)Nc2cc(C)on2)c(CN2CCN(c3ccc(F)cc3)CC2)cc1=O. The van der Waals surface area contributed by atoms with Crippen LogP contribution in [0.2, 0.25) is 0 Å². The molecule has 0 saturated carbocycles. The van der Waals surface area contributed by atoms with Gasteiger partial charge in [-0.15, -0.1) is 0 Å². The molecular weight excluding hydrogens is 429 g/mol. The van der Waals surface area contributed by atoms with Crippen molar-refractivity contribution >= 4 is 17.4 Å². The third kappa shape index (κ3) is 5.58. The molecule has 3 aromatic rings. The number of nitrogens with one attached hydrogen (secondary N) is 1. The Morgan fingerprint density at radius 2 is 1.91 bits per heavy atom. The van der Waals surface area contributed by atoms with Gasteiger partial charge in [-0.3, -0.25) is 14.5 Å². The minimum atomic E-state index is -0.295. The van der Waals surface area contributed by atoms with E-state index in [2.05, 4.69) is 20.3 Å². The van der Waals surface area contributed by atoms with Crippen LogP contribution >= 0.6 is 0 Å². The third-order valence-corrected chi connectivity index (χ3v) is 5.56. The zero-order chi connectivity index (χ0) is 23.4. The molecule has 9 nitrogen and oxygen atoms in total. The molecule has 33 heavy (non-hydrogen) atoms. The number of nitrogens with zero attached hydrogens (tertiary/aromatic N) is 4. The minimum Gasteiger partial charge on any atom is -0.491 e. The number of anilines is 2. The van der Waals surface area contributed by atoms with Crippen LogP contribution in [0.25, 0.3) is 0 Å². The average Bonchev–Trinajstić information content (AvgIpc) is 3.21. The quantitative estimate of drug-likeness (QED) is 0.584. The molecule has 0 atom stereocenters. The first-order valence-electron chi connectivity index (χ1n) is 10.6. The van der Waals surface area contributed by atoms with Crippen LogP contribution in [0, 0.1) is 12.7 Å². The summed E-state index contributed by atoms with van der Waals surface area (Å²) in [5, 5.41) is 6.47. The van der Waals surface area contributed by atoms with E-state index in [9.17, 15) is 14.0 Å². The molecular formula is C23H26FN5O4. The fourth-order valence-electron chi connectivity index (χ4n) is 3.84. The molecule has 4 rings (SSSR count). The van der Waals surface area contributed by atoms with Gasteiger partial charge in [-0.05, 0) is 31.2 Å². The molecule has 1 amide bonds. The number of carbonyl (C=O) groups is 1. The Balaban J connectivity index is 1.44. The number of piperazine rings is 1. The summed E-state index contributed by atoms with van der Waals surface area (Å²) in [7, 11) is 1.42. The summed E-state index contributed by atoms with van der Waals surface area (Å²) in [6.45, 7) is 5.32. The van der Waals surface area contributed by atoms with Crippen molar-refractivity contribution < 1.29 is 18.4 Å². The first kappa shape index (κ1) is 22.5. The number of halogens is 1. The van der Waals surface area contributed by atoms with Gasteiger partial charge in [0, 0.05) is 56.2 Å². The van der Waals surface area contributed by atoms with Crippen molar-refractivity contribution in [2.75, 3.05) is 43.5 Å². The van der Waals surface area contributed by atoms with E-state index in [1.807, 2.05) is 0 Å². The molecule has 1 aliphatic heterocycles. The Morgan fingerprint density at radius 1 is 1.18 bits per heavy atom. The van der Waals surface area contributed by atoms with Gasteiger partial charge in [0.05, 0.1) is 13.3 Å². The van der Waals surface area contributed by atoms with E-state index in [0.29, 0.717) is 23.8 Å². The van der Waals surface area contributed by atoms with E-state index in [1.165, 1.54) is 25.3 Å². The smallest absolute Gasteiger partial charge is 0.245 e. The lowest BCUT2D eigenvalue weighted by Crippen LogP contribution is -2.46. The molecule has 0 spiro atoms. The largest absolute Gasteiger partial charge is 0.491 e. The average molecular weight is 455 g/mol. The van der Waals surface area contributed by atoms with Gasteiger partial charge in [0.25, 0.3) is 0 Å². The Hall–Kier alpha value is -3.66. The Kier molecular flexibility index (Phi) is 6.74. The summed E-state index contributed by atoms with van der Waals surface area (Å²) < 4.78 is 25.1. The second-order valence-corrected chi connectivity index (χ2v) is 7.94. The monoisotopic (exact) mass is 455 g/mol. The molecule has 1 fully saturated rings. The molecule has 0 radical (unpaired) electrons. The van der Waals surface area contributed by atoms with Gasteiger partial charge in [0.15, 0.2) is 11.6 Å². The summed E-state index contributed by atoms with van der Waals surface area (Å²) in [5.41, 5.74) is 1.46. The summed E-state index contributed by atoms with van der Waals surface area (Å²) >= 11 is 0. The van der Waals surface area contributed by atoms with Crippen LogP contribution < -0.4 is 20.4 Å². The van der Waals surface area contributed by atoms with Gasteiger partial charge in [0.2, 0.25) is 11.3 Å². The second kappa shape index (κ2) is 9.86. The number of amides is 1.